The molecule has 0 saturated heterocycles. The van der Waals surface area contributed by atoms with Gasteiger partial charge >= 0.3 is 0 Å². The lowest BCUT2D eigenvalue weighted by Gasteiger charge is -2.18. The van der Waals surface area contributed by atoms with Gasteiger partial charge in [0.05, 0.1) is 0 Å². The Kier molecular flexibility index (Phi) is 6.31. The Hall–Kier alpha value is -1.97. The van der Waals surface area contributed by atoms with E-state index >= 15 is 0 Å². The number of carbonyl (C=O) groups is 1. The van der Waals surface area contributed by atoms with Crippen LogP contribution in [0.25, 0.3) is 6.08 Å². The van der Waals surface area contributed by atoms with Crippen molar-refractivity contribution in [2.75, 3.05) is 19.8 Å². The Morgan fingerprint density at radius 1 is 1.23 bits per heavy atom. The second-order valence-electron chi connectivity index (χ2n) is 5.40. The van der Waals surface area contributed by atoms with Gasteiger partial charge in [-0.25, -0.2) is 0 Å². The van der Waals surface area contributed by atoms with Gasteiger partial charge in [0.1, 0.15) is 13.2 Å². The molecule has 0 fully saturated rings. The Labute approximate surface area is 132 Å². The van der Waals surface area contributed by atoms with Crippen molar-refractivity contribution in [1.29, 1.82) is 0 Å². The molecule has 1 aliphatic heterocycles. The fraction of sp³-hybridized carbons (Fsp3) is 0.500. The van der Waals surface area contributed by atoms with Crippen LogP contribution in [0, 0.1) is 5.92 Å². The van der Waals surface area contributed by atoms with Gasteiger partial charge in [0.25, 0.3) is 0 Å². The van der Waals surface area contributed by atoms with Gasteiger partial charge in [-0.05, 0) is 37.0 Å². The quantitative estimate of drug-likeness (QED) is 0.785. The highest BCUT2D eigenvalue weighted by molar-refractivity contribution is 5.78. The summed E-state index contributed by atoms with van der Waals surface area (Å²) in [6.45, 7) is 5.99. The number of amides is 1. The molecule has 0 saturated carbocycles. The minimum Gasteiger partial charge on any atom is -0.486 e. The predicted molar refractivity (Wildman–Crippen MR) is 88.2 cm³/mol. The monoisotopic (exact) mass is 303 g/mol. The van der Waals surface area contributed by atoms with E-state index in [0.717, 1.165) is 36.3 Å². The van der Waals surface area contributed by atoms with Crippen LogP contribution < -0.4 is 14.8 Å². The summed E-state index contributed by atoms with van der Waals surface area (Å²) >= 11 is 0. The molecule has 120 valence electrons. The molecule has 1 aromatic rings. The van der Waals surface area contributed by atoms with E-state index in [0.29, 0.717) is 19.8 Å². The summed E-state index contributed by atoms with van der Waals surface area (Å²) in [6.07, 6.45) is 6.73. The van der Waals surface area contributed by atoms with Crippen molar-refractivity contribution in [3.8, 4) is 11.5 Å². The first-order valence-corrected chi connectivity index (χ1v) is 8.08. The standard InChI is InChI=1S/C18H25NO3/c1-3-15(4-2)18(20)19-10-6-5-7-14-8-9-16-17(13-14)22-12-11-21-16/h5,7-9,13,15H,3-4,6,10-12H2,1-2H3,(H,19,20)/b7-5+. The lowest BCUT2D eigenvalue weighted by Crippen LogP contribution is -2.30. The Morgan fingerprint density at radius 2 is 1.95 bits per heavy atom. The first kappa shape index (κ1) is 16.4. The molecule has 0 radical (unpaired) electrons. The molecule has 1 heterocycles. The molecule has 4 heteroatoms. The third-order valence-corrected chi connectivity index (χ3v) is 3.84. The molecular formula is C18H25NO3. The van der Waals surface area contributed by atoms with Crippen molar-refractivity contribution in [2.24, 2.45) is 5.92 Å². The van der Waals surface area contributed by atoms with Crippen molar-refractivity contribution in [3.05, 3.63) is 29.8 Å². The van der Waals surface area contributed by atoms with Crippen LogP contribution in [-0.4, -0.2) is 25.7 Å². The Morgan fingerprint density at radius 3 is 2.68 bits per heavy atom. The van der Waals surface area contributed by atoms with E-state index in [1.807, 2.05) is 24.3 Å². The van der Waals surface area contributed by atoms with Crippen molar-refractivity contribution in [2.45, 2.75) is 33.1 Å². The first-order chi connectivity index (χ1) is 10.7. The van der Waals surface area contributed by atoms with Crippen molar-refractivity contribution in [1.82, 2.24) is 5.32 Å². The molecule has 0 unspecified atom stereocenters. The fourth-order valence-corrected chi connectivity index (χ4v) is 2.47. The number of rotatable bonds is 7. The second kappa shape index (κ2) is 8.47. The fourth-order valence-electron chi connectivity index (χ4n) is 2.47. The number of fused-ring (bicyclic) bond motifs is 1. The largest absolute Gasteiger partial charge is 0.486 e. The predicted octanol–water partition coefficient (Wildman–Crippen LogP) is 3.41. The number of hydrogen-bond donors (Lipinski definition) is 1. The minimum absolute atomic E-state index is 0.141. The summed E-state index contributed by atoms with van der Waals surface area (Å²) < 4.78 is 11.1. The Balaban J connectivity index is 1.77. The van der Waals surface area contributed by atoms with E-state index in [9.17, 15) is 4.79 Å². The average molecular weight is 303 g/mol. The molecule has 1 N–H and O–H groups in total. The highest BCUT2D eigenvalue weighted by Gasteiger charge is 2.12. The summed E-state index contributed by atoms with van der Waals surface area (Å²) in [6, 6.07) is 5.92. The van der Waals surface area contributed by atoms with E-state index in [1.54, 1.807) is 0 Å². The van der Waals surface area contributed by atoms with Crippen molar-refractivity contribution in [3.63, 3.8) is 0 Å². The zero-order valence-corrected chi connectivity index (χ0v) is 13.4. The molecule has 1 aromatic carbocycles. The van der Waals surface area contributed by atoms with Gasteiger partial charge in [-0.3, -0.25) is 4.79 Å². The SMILES string of the molecule is CCC(CC)C(=O)NCC/C=C/c1ccc2c(c1)OCCO2. The van der Waals surface area contributed by atoms with Crippen LogP contribution in [0.3, 0.4) is 0 Å². The van der Waals surface area contributed by atoms with Gasteiger partial charge in [0, 0.05) is 12.5 Å². The van der Waals surface area contributed by atoms with E-state index in [4.69, 9.17) is 9.47 Å². The number of benzene rings is 1. The lowest BCUT2D eigenvalue weighted by molar-refractivity contribution is -0.125. The zero-order chi connectivity index (χ0) is 15.8. The summed E-state index contributed by atoms with van der Waals surface area (Å²) in [5.74, 6) is 1.91. The summed E-state index contributed by atoms with van der Waals surface area (Å²) in [4.78, 5) is 11.8. The van der Waals surface area contributed by atoms with E-state index in [2.05, 4.69) is 25.2 Å². The molecule has 1 amide bonds. The lowest BCUT2D eigenvalue weighted by atomic mass is 10.0. The number of nitrogens with one attached hydrogen (secondary N) is 1. The zero-order valence-electron chi connectivity index (χ0n) is 13.4. The number of ether oxygens (including phenoxy) is 2. The van der Waals surface area contributed by atoms with Gasteiger partial charge in [-0.1, -0.05) is 32.1 Å². The van der Waals surface area contributed by atoms with Gasteiger partial charge in [0.2, 0.25) is 5.91 Å². The summed E-state index contributed by atoms with van der Waals surface area (Å²) in [7, 11) is 0. The Bertz CT molecular complexity index is 521. The molecule has 0 aromatic heterocycles. The minimum atomic E-state index is 0.141. The van der Waals surface area contributed by atoms with E-state index < -0.39 is 0 Å². The maximum absolute atomic E-state index is 11.8. The second-order valence-corrected chi connectivity index (χ2v) is 5.40. The van der Waals surface area contributed by atoms with Crippen LogP contribution in [0.5, 0.6) is 11.5 Å². The third kappa shape index (κ3) is 4.52. The maximum atomic E-state index is 11.8. The molecule has 22 heavy (non-hydrogen) atoms. The molecule has 0 atom stereocenters. The first-order valence-electron chi connectivity index (χ1n) is 8.08. The van der Waals surface area contributed by atoms with Crippen LogP contribution >= 0.6 is 0 Å². The highest BCUT2D eigenvalue weighted by Crippen LogP contribution is 2.31. The molecule has 4 nitrogen and oxygen atoms in total. The molecule has 0 aliphatic carbocycles. The smallest absolute Gasteiger partial charge is 0.223 e. The van der Waals surface area contributed by atoms with Gasteiger partial charge < -0.3 is 14.8 Å². The van der Waals surface area contributed by atoms with Crippen LogP contribution in [0.15, 0.2) is 24.3 Å². The molecule has 2 rings (SSSR count). The average Bonchev–Trinajstić information content (AvgIpc) is 2.55. The number of carbonyl (C=O) groups excluding carboxylic acids is 1. The van der Waals surface area contributed by atoms with Crippen LogP contribution in [0.4, 0.5) is 0 Å². The van der Waals surface area contributed by atoms with E-state index in [-0.39, 0.29) is 11.8 Å². The van der Waals surface area contributed by atoms with Crippen molar-refractivity contribution < 1.29 is 14.3 Å². The van der Waals surface area contributed by atoms with E-state index in [1.165, 1.54) is 0 Å². The molecule has 0 bridgehead atoms. The normalized spacial score (nSPS) is 13.6. The third-order valence-electron chi connectivity index (χ3n) is 3.84. The molecule has 1 aliphatic rings. The van der Waals surface area contributed by atoms with Crippen LogP contribution in [0.1, 0.15) is 38.7 Å². The maximum Gasteiger partial charge on any atom is 0.223 e. The van der Waals surface area contributed by atoms with Crippen LogP contribution in [0.2, 0.25) is 0 Å². The van der Waals surface area contributed by atoms with Gasteiger partial charge in [-0.15, -0.1) is 0 Å². The van der Waals surface area contributed by atoms with Gasteiger partial charge in [0.15, 0.2) is 11.5 Å². The summed E-state index contributed by atoms with van der Waals surface area (Å²) in [5, 5.41) is 2.99. The number of hydrogen-bond acceptors (Lipinski definition) is 3. The molecular weight excluding hydrogens is 278 g/mol. The van der Waals surface area contributed by atoms with Crippen LogP contribution in [-0.2, 0) is 4.79 Å². The van der Waals surface area contributed by atoms with Crippen molar-refractivity contribution >= 4 is 12.0 Å². The summed E-state index contributed by atoms with van der Waals surface area (Å²) in [5.41, 5.74) is 1.08. The topological polar surface area (TPSA) is 47.6 Å². The van der Waals surface area contributed by atoms with Gasteiger partial charge in [-0.2, -0.15) is 0 Å². The molecule has 0 spiro atoms. The highest BCUT2D eigenvalue weighted by atomic mass is 16.6.